The molecule has 2 aromatic heterocycles. The lowest BCUT2D eigenvalue weighted by molar-refractivity contribution is -0.138. The number of alkyl halides is 3. The highest BCUT2D eigenvalue weighted by molar-refractivity contribution is 5.96. The molecule has 0 spiro atoms. The van der Waals surface area contributed by atoms with E-state index < -0.39 is 17.6 Å². The van der Waals surface area contributed by atoms with Crippen molar-refractivity contribution in [1.82, 2.24) is 34.8 Å². The number of amides is 2. The van der Waals surface area contributed by atoms with Gasteiger partial charge in [0, 0.05) is 57.2 Å². The Hall–Kier alpha value is -3.81. The van der Waals surface area contributed by atoms with Gasteiger partial charge in [-0.05, 0) is 37.1 Å². The highest BCUT2D eigenvalue weighted by Crippen LogP contribution is 2.28. The Bertz CT molecular complexity index is 1290. The third kappa shape index (κ3) is 5.48. The lowest BCUT2D eigenvalue weighted by Crippen LogP contribution is -2.51. The van der Waals surface area contributed by atoms with Gasteiger partial charge in [0.25, 0.3) is 0 Å². The van der Waals surface area contributed by atoms with Gasteiger partial charge in [0.2, 0.25) is 17.8 Å². The normalized spacial score (nSPS) is 19.1. The lowest BCUT2D eigenvalue weighted by Gasteiger charge is -2.35. The van der Waals surface area contributed by atoms with Crippen LogP contribution >= 0.6 is 0 Å². The highest BCUT2D eigenvalue weighted by atomic mass is 19.4. The highest BCUT2D eigenvalue weighted by Gasteiger charge is 2.32. The van der Waals surface area contributed by atoms with E-state index in [1.807, 2.05) is 0 Å². The van der Waals surface area contributed by atoms with Gasteiger partial charge >= 0.3 is 6.18 Å². The van der Waals surface area contributed by atoms with Crippen LogP contribution < -0.4 is 10.6 Å². The predicted octanol–water partition coefficient (Wildman–Crippen LogP) is 1.01. The number of benzene rings is 1. The summed E-state index contributed by atoms with van der Waals surface area (Å²) in [5.74, 6) is 0.0218. The van der Waals surface area contributed by atoms with Gasteiger partial charge in [-0.15, -0.1) is 5.10 Å². The zero-order valence-corrected chi connectivity index (χ0v) is 19.9. The van der Waals surface area contributed by atoms with Crippen molar-refractivity contribution in [2.45, 2.75) is 19.1 Å². The maximum absolute atomic E-state index is 12.9. The summed E-state index contributed by atoms with van der Waals surface area (Å²) < 4.78 is 40.0. The van der Waals surface area contributed by atoms with E-state index in [2.05, 4.69) is 25.2 Å². The van der Waals surface area contributed by atoms with E-state index >= 15 is 0 Å². The van der Waals surface area contributed by atoms with Gasteiger partial charge in [-0.3, -0.25) is 14.5 Å². The fraction of sp³-hybridized carbons (Fsp3) is 0.478. The van der Waals surface area contributed by atoms with Crippen LogP contribution in [-0.4, -0.2) is 92.4 Å². The third-order valence-electron chi connectivity index (χ3n) is 6.84. The van der Waals surface area contributed by atoms with Gasteiger partial charge in [0.15, 0.2) is 0 Å². The summed E-state index contributed by atoms with van der Waals surface area (Å²) in [5.41, 5.74) is 6.35. The van der Waals surface area contributed by atoms with Crippen molar-refractivity contribution >= 4 is 28.8 Å². The molecule has 2 aliphatic heterocycles. The molecular weight excluding hydrogens is 491 g/mol. The van der Waals surface area contributed by atoms with E-state index in [4.69, 9.17) is 5.73 Å². The van der Waals surface area contributed by atoms with Crippen molar-refractivity contribution in [3.8, 4) is 0 Å². The molecule has 3 aromatic rings. The number of halogens is 3. The molecule has 1 atom stereocenters. The number of hydrogen-bond donors (Lipinski definition) is 1. The van der Waals surface area contributed by atoms with Gasteiger partial charge in [0.05, 0.1) is 17.6 Å². The lowest BCUT2D eigenvalue weighted by atomic mass is 10.1. The average Bonchev–Trinajstić information content (AvgIpc) is 3.50. The van der Waals surface area contributed by atoms with E-state index in [0.29, 0.717) is 50.3 Å². The number of aromatic nitrogens is 5. The number of rotatable bonds is 6. The molecule has 37 heavy (non-hydrogen) atoms. The number of piperazine rings is 1. The first kappa shape index (κ1) is 24.9. The van der Waals surface area contributed by atoms with Crippen molar-refractivity contribution in [3.05, 3.63) is 41.7 Å². The minimum Gasteiger partial charge on any atom is -0.366 e. The fourth-order valence-corrected chi connectivity index (χ4v) is 4.78. The van der Waals surface area contributed by atoms with Gasteiger partial charge in [-0.1, -0.05) is 5.21 Å². The first-order chi connectivity index (χ1) is 17.7. The summed E-state index contributed by atoms with van der Waals surface area (Å²) in [4.78, 5) is 37.8. The molecule has 11 nitrogen and oxygen atoms in total. The molecule has 4 heterocycles. The molecule has 5 rings (SSSR count). The van der Waals surface area contributed by atoms with Crippen LogP contribution in [0.2, 0.25) is 0 Å². The molecule has 0 aliphatic carbocycles. The van der Waals surface area contributed by atoms with Crippen molar-refractivity contribution in [3.63, 3.8) is 0 Å². The molecule has 0 radical (unpaired) electrons. The van der Waals surface area contributed by atoms with E-state index in [1.54, 1.807) is 32.7 Å². The Labute approximate surface area is 210 Å². The molecular formula is C23H26F3N9O2. The Balaban J connectivity index is 1.11. The SMILES string of the molecule is NC(=O)c1ccc2nnn(CC3CCN(CC(=O)N4CCN(c5ncc(C(F)(F)F)cn5)CC4)C3)c2c1. The van der Waals surface area contributed by atoms with E-state index in [1.165, 1.54) is 0 Å². The number of carbonyl (C=O) groups excluding carboxylic acids is 2. The third-order valence-corrected chi connectivity index (χ3v) is 6.84. The number of likely N-dealkylation sites (tertiary alicyclic amines) is 1. The zero-order chi connectivity index (χ0) is 26.2. The van der Waals surface area contributed by atoms with E-state index in [-0.39, 0.29) is 17.8 Å². The van der Waals surface area contributed by atoms with Crippen molar-refractivity contribution < 1.29 is 22.8 Å². The van der Waals surface area contributed by atoms with Crippen LogP contribution in [0, 0.1) is 5.92 Å². The minimum atomic E-state index is -4.48. The average molecular weight is 518 g/mol. The zero-order valence-electron chi connectivity index (χ0n) is 19.9. The number of primary amides is 1. The van der Waals surface area contributed by atoms with Gasteiger partial charge < -0.3 is 15.5 Å². The Morgan fingerprint density at radius 2 is 1.78 bits per heavy atom. The van der Waals surface area contributed by atoms with Gasteiger partial charge in [-0.2, -0.15) is 13.2 Å². The van der Waals surface area contributed by atoms with Gasteiger partial charge in [0.1, 0.15) is 5.52 Å². The van der Waals surface area contributed by atoms with Crippen LogP contribution in [0.5, 0.6) is 0 Å². The van der Waals surface area contributed by atoms with Crippen molar-refractivity contribution in [2.75, 3.05) is 50.7 Å². The monoisotopic (exact) mass is 517 g/mol. The summed E-state index contributed by atoms with van der Waals surface area (Å²) in [6, 6.07) is 5.05. The Morgan fingerprint density at radius 1 is 1.05 bits per heavy atom. The standard InChI is InChI=1S/C23H26F3N9O2/c24-23(25,26)17-10-28-22(29-11-17)34-7-5-33(6-8-34)20(36)14-32-4-3-15(12-32)13-35-19-9-16(21(27)37)1-2-18(19)30-31-35/h1-2,9-11,15H,3-8,12-14H2,(H2,27,37). The summed E-state index contributed by atoms with van der Waals surface area (Å²) >= 11 is 0. The minimum absolute atomic E-state index is 0.0194. The van der Waals surface area contributed by atoms with E-state index in [0.717, 1.165) is 37.4 Å². The largest absolute Gasteiger partial charge is 0.419 e. The molecule has 1 aromatic carbocycles. The fourth-order valence-electron chi connectivity index (χ4n) is 4.78. The number of nitrogens with zero attached hydrogens (tertiary/aromatic N) is 8. The molecule has 2 amide bonds. The maximum Gasteiger partial charge on any atom is 0.419 e. The Morgan fingerprint density at radius 3 is 2.46 bits per heavy atom. The van der Waals surface area contributed by atoms with Crippen molar-refractivity contribution in [2.24, 2.45) is 11.7 Å². The van der Waals surface area contributed by atoms with Crippen LogP contribution in [0.1, 0.15) is 22.3 Å². The maximum atomic E-state index is 12.9. The number of hydrogen-bond acceptors (Lipinski definition) is 8. The second-order valence-electron chi connectivity index (χ2n) is 9.37. The summed E-state index contributed by atoms with van der Waals surface area (Å²) in [6.07, 6.45) is -2.01. The van der Waals surface area contributed by atoms with Crippen LogP contribution in [0.15, 0.2) is 30.6 Å². The Kier molecular flexibility index (Phi) is 6.67. The molecule has 0 saturated carbocycles. The van der Waals surface area contributed by atoms with Crippen molar-refractivity contribution in [1.29, 1.82) is 0 Å². The number of anilines is 1. The van der Waals surface area contributed by atoms with Crippen LogP contribution in [0.3, 0.4) is 0 Å². The predicted molar refractivity (Wildman–Crippen MR) is 126 cm³/mol. The molecule has 2 N–H and O–H groups in total. The molecule has 196 valence electrons. The molecule has 2 aliphatic rings. The number of fused-ring (bicyclic) bond motifs is 1. The van der Waals surface area contributed by atoms with Crippen LogP contribution in [0.25, 0.3) is 11.0 Å². The van der Waals surface area contributed by atoms with Crippen LogP contribution in [-0.2, 0) is 17.5 Å². The quantitative estimate of drug-likeness (QED) is 0.514. The first-order valence-electron chi connectivity index (χ1n) is 11.9. The molecule has 1 unspecified atom stereocenters. The second kappa shape index (κ2) is 9.92. The molecule has 2 saturated heterocycles. The molecule has 2 fully saturated rings. The van der Waals surface area contributed by atoms with Gasteiger partial charge in [-0.25, -0.2) is 14.6 Å². The molecule has 0 bridgehead atoms. The number of carbonyl (C=O) groups is 2. The van der Waals surface area contributed by atoms with Crippen LogP contribution in [0.4, 0.5) is 19.1 Å². The molecule has 14 heteroatoms. The summed E-state index contributed by atoms with van der Waals surface area (Å²) in [5, 5.41) is 8.37. The topological polar surface area (TPSA) is 126 Å². The number of nitrogens with two attached hydrogens (primary N) is 1. The smallest absolute Gasteiger partial charge is 0.366 e. The summed E-state index contributed by atoms with van der Waals surface area (Å²) in [6.45, 7) is 4.25. The first-order valence-corrected chi connectivity index (χ1v) is 11.9. The second-order valence-corrected chi connectivity index (χ2v) is 9.37. The van der Waals surface area contributed by atoms with E-state index in [9.17, 15) is 22.8 Å². The summed E-state index contributed by atoms with van der Waals surface area (Å²) in [7, 11) is 0.